The van der Waals surface area contributed by atoms with E-state index in [0.29, 0.717) is 37.6 Å². The average Bonchev–Trinajstić information content (AvgIpc) is 2.69. The molecule has 2 aromatic rings. The Kier molecular flexibility index (Phi) is 6.69. The number of rotatable bonds is 6. The quantitative estimate of drug-likeness (QED) is 0.298. The van der Waals surface area contributed by atoms with E-state index < -0.39 is 4.92 Å². The van der Waals surface area contributed by atoms with Crippen molar-refractivity contribution in [3.05, 3.63) is 45.7 Å². The summed E-state index contributed by atoms with van der Waals surface area (Å²) in [6, 6.07) is 7.00. The third-order valence-corrected chi connectivity index (χ3v) is 5.65. The molecule has 1 saturated heterocycles. The Bertz CT molecular complexity index is 857. The highest BCUT2D eigenvalue weighted by Crippen LogP contribution is 2.39. The van der Waals surface area contributed by atoms with Gasteiger partial charge in [-0.1, -0.05) is 23.4 Å². The summed E-state index contributed by atoms with van der Waals surface area (Å²) in [7, 11) is 0. The lowest BCUT2D eigenvalue weighted by Gasteiger charge is -2.31. The summed E-state index contributed by atoms with van der Waals surface area (Å²) in [5.41, 5.74) is -0.128. The van der Waals surface area contributed by atoms with E-state index >= 15 is 0 Å². The maximum Gasteiger partial charge on any atom is 0.343 e. The average molecular weight is 423 g/mol. The minimum Gasteiger partial charge on any atom is -0.466 e. The van der Waals surface area contributed by atoms with Crippen LogP contribution in [0.4, 0.5) is 11.5 Å². The number of piperidine rings is 1. The monoisotopic (exact) mass is 422 g/mol. The zero-order valence-corrected chi connectivity index (χ0v) is 16.8. The normalized spacial score (nSPS) is 14.7. The zero-order valence-electron chi connectivity index (χ0n) is 15.2. The van der Waals surface area contributed by atoms with Crippen LogP contribution in [-0.4, -0.2) is 40.6 Å². The van der Waals surface area contributed by atoms with Crippen molar-refractivity contribution in [2.75, 3.05) is 24.6 Å². The molecule has 1 aliphatic rings. The molecule has 0 unspecified atom stereocenters. The molecule has 0 N–H and O–H groups in total. The molecule has 0 spiro atoms. The number of anilines is 1. The maximum atomic E-state index is 11.9. The molecule has 0 atom stereocenters. The Morgan fingerprint density at radius 2 is 2.00 bits per heavy atom. The topological polar surface area (TPSA) is 98.5 Å². The number of ether oxygens (including phenoxy) is 1. The molecule has 148 valence electrons. The van der Waals surface area contributed by atoms with Crippen molar-refractivity contribution in [2.24, 2.45) is 5.92 Å². The Hall–Kier alpha value is -2.39. The summed E-state index contributed by atoms with van der Waals surface area (Å²) < 4.78 is 5.07. The Balaban J connectivity index is 1.81. The second kappa shape index (κ2) is 9.20. The van der Waals surface area contributed by atoms with Crippen LogP contribution in [0.5, 0.6) is 0 Å². The highest BCUT2D eigenvalue weighted by Gasteiger charge is 2.32. The number of carbonyl (C=O) groups is 1. The predicted molar refractivity (Wildman–Crippen MR) is 106 cm³/mol. The lowest BCUT2D eigenvalue weighted by Crippen LogP contribution is -2.37. The molecule has 0 saturated carbocycles. The molecule has 10 heteroatoms. The molecule has 0 aliphatic carbocycles. The largest absolute Gasteiger partial charge is 0.466 e. The molecule has 0 radical (unpaired) electrons. The van der Waals surface area contributed by atoms with Gasteiger partial charge in [0.25, 0.3) is 0 Å². The number of esters is 1. The summed E-state index contributed by atoms with van der Waals surface area (Å²) in [5.74, 6) is -0.114. The molecular formula is C18H19ClN4O4S. The summed E-state index contributed by atoms with van der Waals surface area (Å²) in [4.78, 5) is 34.1. The number of hydrogen-bond donors (Lipinski definition) is 0. The first-order chi connectivity index (χ1) is 13.5. The number of aromatic nitrogens is 2. The van der Waals surface area contributed by atoms with Gasteiger partial charge in [0.1, 0.15) is 6.33 Å². The smallest absolute Gasteiger partial charge is 0.343 e. The van der Waals surface area contributed by atoms with Gasteiger partial charge in [0.15, 0.2) is 5.03 Å². The molecule has 28 heavy (non-hydrogen) atoms. The van der Waals surface area contributed by atoms with Crippen LogP contribution in [0, 0.1) is 16.0 Å². The molecule has 8 nitrogen and oxygen atoms in total. The van der Waals surface area contributed by atoms with Crippen molar-refractivity contribution in [3.63, 3.8) is 0 Å². The maximum absolute atomic E-state index is 11.9. The molecule has 1 aromatic heterocycles. The van der Waals surface area contributed by atoms with E-state index in [-0.39, 0.29) is 28.4 Å². The number of benzene rings is 1. The van der Waals surface area contributed by atoms with E-state index in [0.717, 1.165) is 4.90 Å². The van der Waals surface area contributed by atoms with Gasteiger partial charge >= 0.3 is 11.7 Å². The second-order valence-corrected chi connectivity index (χ2v) is 7.68. The molecular weight excluding hydrogens is 404 g/mol. The van der Waals surface area contributed by atoms with Crippen molar-refractivity contribution in [1.29, 1.82) is 0 Å². The Morgan fingerprint density at radius 3 is 2.61 bits per heavy atom. The van der Waals surface area contributed by atoms with E-state index in [1.54, 1.807) is 31.2 Å². The molecule has 1 fully saturated rings. The van der Waals surface area contributed by atoms with Gasteiger partial charge in [-0.2, -0.15) is 0 Å². The summed E-state index contributed by atoms with van der Waals surface area (Å²) in [6.45, 7) is 3.11. The highest BCUT2D eigenvalue weighted by molar-refractivity contribution is 7.99. The van der Waals surface area contributed by atoms with Crippen molar-refractivity contribution < 1.29 is 14.5 Å². The molecule has 0 bridgehead atoms. The standard InChI is InChI=1S/C18H19ClN4O4S/c1-2-27-18(24)12-7-9-22(10-8-12)16-15(23(25)26)17(21-11-20-16)28-14-5-3-13(19)4-6-14/h3-6,11-12H,2,7-10H2,1H3. The van der Waals surface area contributed by atoms with Crippen LogP contribution in [0.15, 0.2) is 40.5 Å². The number of nitrogens with zero attached hydrogens (tertiary/aromatic N) is 4. The first-order valence-electron chi connectivity index (χ1n) is 8.84. The van der Waals surface area contributed by atoms with E-state index in [4.69, 9.17) is 16.3 Å². The Morgan fingerprint density at radius 1 is 1.32 bits per heavy atom. The number of carbonyl (C=O) groups excluding carboxylic acids is 1. The number of halogens is 1. The van der Waals surface area contributed by atoms with Crippen molar-refractivity contribution in [1.82, 2.24) is 9.97 Å². The fourth-order valence-corrected chi connectivity index (χ4v) is 4.00. The lowest BCUT2D eigenvalue weighted by molar-refractivity contribution is -0.387. The minimum atomic E-state index is -0.453. The molecule has 3 rings (SSSR count). The van der Waals surface area contributed by atoms with E-state index in [1.165, 1.54) is 18.1 Å². The van der Waals surface area contributed by atoms with Gasteiger partial charge in [-0.15, -0.1) is 0 Å². The van der Waals surface area contributed by atoms with E-state index in [1.807, 2.05) is 4.90 Å². The van der Waals surface area contributed by atoms with Gasteiger partial charge in [-0.25, -0.2) is 9.97 Å². The van der Waals surface area contributed by atoms with Crippen LogP contribution < -0.4 is 4.90 Å². The van der Waals surface area contributed by atoms with Gasteiger partial charge in [0, 0.05) is 23.0 Å². The fraction of sp³-hybridized carbons (Fsp3) is 0.389. The van der Waals surface area contributed by atoms with Crippen LogP contribution >= 0.6 is 23.4 Å². The van der Waals surface area contributed by atoms with Crippen LogP contribution in [0.25, 0.3) is 0 Å². The fourth-order valence-electron chi connectivity index (χ4n) is 3.02. The third-order valence-electron chi connectivity index (χ3n) is 4.39. The third kappa shape index (κ3) is 4.71. The second-order valence-electron chi connectivity index (χ2n) is 6.18. The van der Waals surface area contributed by atoms with Gasteiger partial charge in [-0.3, -0.25) is 14.9 Å². The van der Waals surface area contributed by atoms with Gasteiger partial charge in [-0.05, 0) is 44.0 Å². The lowest BCUT2D eigenvalue weighted by atomic mass is 9.97. The van der Waals surface area contributed by atoms with Gasteiger partial charge < -0.3 is 9.64 Å². The van der Waals surface area contributed by atoms with Crippen molar-refractivity contribution in [2.45, 2.75) is 29.7 Å². The number of nitro groups is 1. The summed E-state index contributed by atoms with van der Waals surface area (Å²) in [6.07, 6.45) is 2.47. The minimum absolute atomic E-state index is 0.128. The van der Waals surface area contributed by atoms with Gasteiger partial charge in [0.2, 0.25) is 5.82 Å². The zero-order chi connectivity index (χ0) is 20.1. The van der Waals surface area contributed by atoms with Crippen LogP contribution in [0.1, 0.15) is 19.8 Å². The van der Waals surface area contributed by atoms with Crippen molar-refractivity contribution >= 4 is 40.8 Å². The first-order valence-corrected chi connectivity index (χ1v) is 10.0. The van der Waals surface area contributed by atoms with E-state index in [2.05, 4.69) is 9.97 Å². The summed E-state index contributed by atoms with van der Waals surface area (Å²) in [5, 5.41) is 12.6. The first kappa shape index (κ1) is 20.3. The highest BCUT2D eigenvalue weighted by atomic mass is 35.5. The molecule has 1 aromatic carbocycles. The van der Waals surface area contributed by atoms with Crippen molar-refractivity contribution in [3.8, 4) is 0 Å². The van der Waals surface area contributed by atoms with Crippen LogP contribution in [-0.2, 0) is 9.53 Å². The van der Waals surface area contributed by atoms with Crippen LogP contribution in [0.3, 0.4) is 0 Å². The Labute approximate surface area is 171 Å². The SMILES string of the molecule is CCOC(=O)C1CCN(c2ncnc(Sc3ccc(Cl)cc3)c2[N+](=O)[O-])CC1. The molecule has 2 heterocycles. The number of hydrogen-bond acceptors (Lipinski definition) is 8. The van der Waals surface area contributed by atoms with Gasteiger partial charge in [0.05, 0.1) is 17.4 Å². The molecule has 0 amide bonds. The summed E-state index contributed by atoms with van der Waals surface area (Å²) >= 11 is 7.08. The van der Waals surface area contributed by atoms with E-state index in [9.17, 15) is 14.9 Å². The predicted octanol–water partition coefficient (Wildman–Crippen LogP) is 3.97. The van der Waals surface area contributed by atoms with Crippen LogP contribution in [0.2, 0.25) is 5.02 Å². The molecule has 1 aliphatic heterocycles.